The summed E-state index contributed by atoms with van der Waals surface area (Å²) in [6, 6.07) is 0. The van der Waals surface area contributed by atoms with E-state index in [-0.39, 0.29) is 0 Å². The summed E-state index contributed by atoms with van der Waals surface area (Å²) in [5.41, 5.74) is 0. The molecule has 2 heteroatoms. The molecule has 0 radical (unpaired) electrons. The molecular formula is C12H24O2. The van der Waals surface area contributed by atoms with Crippen molar-refractivity contribution < 1.29 is 9.84 Å². The maximum atomic E-state index is 8.60. The summed E-state index contributed by atoms with van der Waals surface area (Å²) in [6.45, 7) is 1.34. The van der Waals surface area contributed by atoms with Crippen LogP contribution in [0, 0.1) is 0 Å². The minimum absolute atomic E-state index is 0.357. The van der Waals surface area contributed by atoms with Gasteiger partial charge in [0.15, 0.2) is 0 Å². The second-order valence-corrected chi connectivity index (χ2v) is 4.27. The molecular weight excluding hydrogens is 176 g/mol. The Bertz CT molecular complexity index is 119. The lowest BCUT2D eigenvalue weighted by atomic mass is 10.1. The second kappa shape index (κ2) is 8.25. The summed E-state index contributed by atoms with van der Waals surface area (Å²) in [5, 5.41) is 8.60. The Morgan fingerprint density at radius 1 is 1.00 bits per heavy atom. The number of hydrogen-bond donors (Lipinski definition) is 1. The molecule has 1 atom stereocenters. The molecule has 1 aliphatic rings. The van der Waals surface area contributed by atoms with Crippen molar-refractivity contribution >= 4 is 0 Å². The van der Waals surface area contributed by atoms with E-state index in [4.69, 9.17) is 9.84 Å². The number of aliphatic hydroxyl groups excluding tert-OH is 1. The van der Waals surface area contributed by atoms with E-state index >= 15 is 0 Å². The molecule has 2 nitrogen and oxygen atoms in total. The summed E-state index contributed by atoms with van der Waals surface area (Å²) in [5.74, 6) is 0. The molecule has 1 unspecified atom stereocenters. The monoisotopic (exact) mass is 200 g/mol. The third-order valence-corrected chi connectivity index (χ3v) is 2.96. The third kappa shape index (κ3) is 5.61. The minimum atomic E-state index is 0.357. The Balaban J connectivity index is 1.75. The van der Waals surface area contributed by atoms with Crippen molar-refractivity contribution in [2.45, 2.75) is 63.9 Å². The zero-order valence-corrected chi connectivity index (χ0v) is 9.21. The van der Waals surface area contributed by atoms with Gasteiger partial charge in [-0.2, -0.15) is 0 Å². The normalized spacial score (nSPS) is 21.6. The first kappa shape index (κ1) is 12.0. The Labute approximate surface area is 87.7 Å². The number of ether oxygens (including phenoxy) is 1. The van der Waals surface area contributed by atoms with Crippen molar-refractivity contribution in [2.75, 3.05) is 13.2 Å². The highest BCUT2D eigenvalue weighted by atomic mass is 16.5. The summed E-state index contributed by atoms with van der Waals surface area (Å²) < 4.78 is 5.56. The van der Waals surface area contributed by atoms with Crippen LogP contribution in [-0.2, 0) is 4.74 Å². The van der Waals surface area contributed by atoms with E-state index in [2.05, 4.69) is 0 Å². The SMILES string of the molecule is OCCCCCCCCC1CCCO1. The van der Waals surface area contributed by atoms with E-state index in [0.717, 1.165) is 13.0 Å². The molecule has 0 spiro atoms. The van der Waals surface area contributed by atoms with E-state index in [1.165, 1.54) is 51.4 Å². The summed E-state index contributed by atoms with van der Waals surface area (Å²) in [6.07, 6.45) is 11.8. The van der Waals surface area contributed by atoms with Crippen LogP contribution in [0.1, 0.15) is 57.8 Å². The van der Waals surface area contributed by atoms with Gasteiger partial charge in [-0.1, -0.05) is 32.1 Å². The quantitative estimate of drug-likeness (QED) is 0.610. The van der Waals surface area contributed by atoms with Gasteiger partial charge in [0, 0.05) is 13.2 Å². The fourth-order valence-electron chi connectivity index (χ4n) is 2.06. The Morgan fingerprint density at radius 3 is 2.36 bits per heavy atom. The van der Waals surface area contributed by atoms with Crippen molar-refractivity contribution in [2.24, 2.45) is 0 Å². The highest BCUT2D eigenvalue weighted by Gasteiger charge is 2.13. The summed E-state index contributed by atoms with van der Waals surface area (Å²) in [4.78, 5) is 0. The number of rotatable bonds is 8. The van der Waals surface area contributed by atoms with E-state index in [1.807, 2.05) is 0 Å². The smallest absolute Gasteiger partial charge is 0.0576 e. The van der Waals surface area contributed by atoms with Gasteiger partial charge in [-0.25, -0.2) is 0 Å². The Hall–Kier alpha value is -0.0800. The van der Waals surface area contributed by atoms with E-state index in [0.29, 0.717) is 12.7 Å². The molecule has 0 aromatic heterocycles. The highest BCUT2D eigenvalue weighted by Crippen LogP contribution is 2.18. The Morgan fingerprint density at radius 2 is 1.71 bits per heavy atom. The molecule has 0 bridgehead atoms. The predicted molar refractivity (Wildman–Crippen MR) is 58.4 cm³/mol. The zero-order chi connectivity index (χ0) is 10.1. The number of hydrogen-bond acceptors (Lipinski definition) is 2. The van der Waals surface area contributed by atoms with Crippen molar-refractivity contribution in [3.8, 4) is 0 Å². The maximum Gasteiger partial charge on any atom is 0.0576 e. The van der Waals surface area contributed by atoms with Crippen molar-refractivity contribution in [3.05, 3.63) is 0 Å². The molecule has 1 saturated heterocycles. The van der Waals surface area contributed by atoms with Gasteiger partial charge in [-0.15, -0.1) is 0 Å². The fraction of sp³-hybridized carbons (Fsp3) is 1.00. The van der Waals surface area contributed by atoms with Crippen LogP contribution in [0.2, 0.25) is 0 Å². The predicted octanol–water partition coefficient (Wildman–Crippen LogP) is 2.89. The van der Waals surface area contributed by atoms with Gasteiger partial charge in [0.2, 0.25) is 0 Å². The molecule has 0 saturated carbocycles. The average Bonchev–Trinajstić information content (AvgIpc) is 2.69. The molecule has 1 heterocycles. The molecule has 0 aliphatic carbocycles. The molecule has 0 aromatic rings. The van der Waals surface area contributed by atoms with Gasteiger partial charge in [0.1, 0.15) is 0 Å². The topological polar surface area (TPSA) is 29.5 Å². The van der Waals surface area contributed by atoms with E-state index in [1.54, 1.807) is 0 Å². The van der Waals surface area contributed by atoms with E-state index < -0.39 is 0 Å². The van der Waals surface area contributed by atoms with Crippen LogP contribution in [0.25, 0.3) is 0 Å². The van der Waals surface area contributed by atoms with Crippen LogP contribution in [-0.4, -0.2) is 24.4 Å². The van der Waals surface area contributed by atoms with Crippen LogP contribution >= 0.6 is 0 Å². The van der Waals surface area contributed by atoms with Gasteiger partial charge in [0.25, 0.3) is 0 Å². The summed E-state index contributed by atoms with van der Waals surface area (Å²) in [7, 11) is 0. The van der Waals surface area contributed by atoms with Gasteiger partial charge in [-0.05, 0) is 25.7 Å². The molecule has 1 aliphatic heterocycles. The largest absolute Gasteiger partial charge is 0.396 e. The van der Waals surface area contributed by atoms with Crippen LogP contribution in [0.4, 0.5) is 0 Å². The van der Waals surface area contributed by atoms with Gasteiger partial charge < -0.3 is 9.84 Å². The third-order valence-electron chi connectivity index (χ3n) is 2.96. The first-order chi connectivity index (χ1) is 6.93. The number of aliphatic hydroxyl groups is 1. The lowest BCUT2D eigenvalue weighted by molar-refractivity contribution is 0.102. The fourth-order valence-corrected chi connectivity index (χ4v) is 2.06. The van der Waals surface area contributed by atoms with Crippen molar-refractivity contribution in [3.63, 3.8) is 0 Å². The molecule has 1 N–H and O–H groups in total. The maximum absolute atomic E-state index is 8.60. The van der Waals surface area contributed by atoms with E-state index in [9.17, 15) is 0 Å². The first-order valence-corrected chi connectivity index (χ1v) is 6.16. The lowest BCUT2D eigenvalue weighted by Crippen LogP contribution is -2.03. The molecule has 1 rings (SSSR count). The Kier molecular flexibility index (Phi) is 7.06. The van der Waals surface area contributed by atoms with Gasteiger partial charge >= 0.3 is 0 Å². The van der Waals surface area contributed by atoms with Crippen molar-refractivity contribution in [1.82, 2.24) is 0 Å². The zero-order valence-electron chi connectivity index (χ0n) is 9.21. The van der Waals surface area contributed by atoms with Crippen LogP contribution < -0.4 is 0 Å². The first-order valence-electron chi connectivity index (χ1n) is 6.16. The standard InChI is InChI=1S/C12H24O2/c13-10-6-4-2-1-3-5-8-12-9-7-11-14-12/h12-13H,1-11H2. The van der Waals surface area contributed by atoms with Crippen LogP contribution in [0.3, 0.4) is 0 Å². The van der Waals surface area contributed by atoms with Crippen molar-refractivity contribution in [1.29, 1.82) is 0 Å². The molecule has 14 heavy (non-hydrogen) atoms. The van der Waals surface area contributed by atoms with Crippen LogP contribution in [0.15, 0.2) is 0 Å². The number of unbranched alkanes of at least 4 members (excludes halogenated alkanes) is 5. The molecule has 1 fully saturated rings. The lowest BCUT2D eigenvalue weighted by Gasteiger charge is -2.08. The van der Waals surface area contributed by atoms with Gasteiger partial charge in [0.05, 0.1) is 6.10 Å². The molecule has 0 aromatic carbocycles. The molecule has 0 amide bonds. The second-order valence-electron chi connectivity index (χ2n) is 4.27. The van der Waals surface area contributed by atoms with Gasteiger partial charge in [-0.3, -0.25) is 0 Å². The minimum Gasteiger partial charge on any atom is -0.396 e. The average molecular weight is 200 g/mol. The molecule has 84 valence electrons. The summed E-state index contributed by atoms with van der Waals surface area (Å²) >= 11 is 0. The van der Waals surface area contributed by atoms with Crippen LogP contribution in [0.5, 0.6) is 0 Å². The highest BCUT2D eigenvalue weighted by molar-refractivity contribution is 4.64.